The van der Waals surface area contributed by atoms with Crippen LogP contribution in [0.15, 0.2) is 24.4 Å². The summed E-state index contributed by atoms with van der Waals surface area (Å²) < 4.78 is 0. The fourth-order valence-electron chi connectivity index (χ4n) is 1.28. The Kier molecular flexibility index (Phi) is 2.95. The number of nitrogens with one attached hydrogen (secondary N) is 1. The van der Waals surface area contributed by atoms with Crippen LogP contribution in [0.25, 0.3) is 11.4 Å². The van der Waals surface area contributed by atoms with E-state index in [0.29, 0.717) is 21.6 Å². The number of halogens is 2. The maximum absolute atomic E-state index is 8.88. The molecule has 0 aliphatic carbocycles. The molecule has 5 heteroatoms. The minimum atomic E-state index is -0.0682. The maximum Gasteiger partial charge on any atom is 0.137 e. The van der Waals surface area contributed by atoms with Crippen LogP contribution in [0, 0.1) is 0 Å². The van der Waals surface area contributed by atoms with Gasteiger partial charge in [0, 0.05) is 15.6 Å². The van der Waals surface area contributed by atoms with E-state index in [1.807, 2.05) is 0 Å². The summed E-state index contributed by atoms with van der Waals surface area (Å²) in [6, 6.07) is 5.17. The minimum Gasteiger partial charge on any atom is -0.390 e. The van der Waals surface area contributed by atoms with Gasteiger partial charge in [-0.2, -0.15) is 0 Å². The Hall–Kier alpha value is -1.03. The Morgan fingerprint density at radius 1 is 1.20 bits per heavy atom. The normalized spacial score (nSPS) is 10.6. The average Bonchev–Trinajstić information content (AvgIpc) is 2.64. The first kappa shape index (κ1) is 10.5. The third kappa shape index (κ3) is 2.31. The number of aliphatic hydroxyl groups excluding tert-OH is 1. The molecule has 15 heavy (non-hydrogen) atoms. The Morgan fingerprint density at radius 3 is 2.40 bits per heavy atom. The van der Waals surface area contributed by atoms with Gasteiger partial charge in [0.1, 0.15) is 5.82 Å². The molecule has 0 radical (unpaired) electrons. The van der Waals surface area contributed by atoms with Crippen LogP contribution < -0.4 is 0 Å². The van der Waals surface area contributed by atoms with E-state index in [-0.39, 0.29) is 6.61 Å². The molecule has 0 bridgehead atoms. The highest BCUT2D eigenvalue weighted by atomic mass is 35.5. The summed E-state index contributed by atoms with van der Waals surface area (Å²) in [5.74, 6) is 0.642. The molecule has 0 spiro atoms. The summed E-state index contributed by atoms with van der Waals surface area (Å²) in [4.78, 5) is 7.06. The zero-order valence-electron chi connectivity index (χ0n) is 7.67. The van der Waals surface area contributed by atoms with Gasteiger partial charge in [0.2, 0.25) is 0 Å². The molecule has 78 valence electrons. The molecule has 1 aromatic carbocycles. The molecule has 0 atom stereocenters. The maximum atomic E-state index is 8.88. The second-order valence-corrected chi connectivity index (χ2v) is 3.95. The highest BCUT2D eigenvalue weighted by Crippen LogP contribution is 2.25. The summed E-state index contributed by atoms with van der Waals surface area (Å²) in [6.07, 6.45) is 1.57. The number of benzene rings is 1. The van der Waals surface area contributed by atoms with Crippen molar-refractivity contribution in [2.24, 2.45) is 0 Å². The van der Waals surface area contributed by atoms with Crippen molar-refractivity contribution >= 4 is 23.2 Å². The Morgan fingerprint density at radius 2 is 1.87 bits per heavy atom. The van der Waals surface area contributed by atoms with Crippen molar-refractivity contribution < 1.29 is 5.11 Å². The summed E-state index contributed by atoms with van der Waals surface area (Å²) >= 11 is 11.7. The van der Waals surface area contributed by atoms with Gasteiger partial charge in [-0.05, 0) is 18.2 Å². The van der Waals surface area contributed by atoms with Crippen molar-refractivity contribution in [1.29, 1.82) is 0 Å². The summed E-state index contributed by atoms with van der Waals surface area (Å²) in [5, 5.41) is 9.99. The SMILES string of the molecule is OCc1cnc(-c2cc(Cl)cc(Cl)c2)[nH]1. The smallest absolute Gasteiger partial charge is 0.137 e. The summed E-state index contributed by atoms with van der Waals surface area (Å²) in [5.41, 5.74) is 1.45. The largest absolute Gasteiger partial charge is 0.390 e. The molecule has 2 aromatic rings. The Bertz CT molecular complexity index is 462. The zero-order chi connectivity index (χ0) is 10.8. The number of rotatable bonds is 2. The molecule has 0 fully saturated rings. The lowest BCUT2D eigenvalue weighted by Gasteiger charge is -1.99. The number of hydrogen-bond donors (Lipinski definition) is 2. The predicted octanol–water partition coefficient (Wildman–Crippen LogP) is 2.88. The van der Waals surface area contributed by atoms with Crippen LogP contribution in [0.3, 0.4) is 0 Å². The third-order valence-corrected chi connectivity index (χ3v) is 2.37. The Labute approximate surface area is 96.7 Å². The van der Waals surface area contributed by atoms with Crippen LogP contribution in [-0.2, 0) is 6.61 Å². The van der Waals surface area contributed by atoms with E-state index < -0.39 is 0 Å². The van der Waals surface area contributed by atoms with Crippen LogP contribution in [0.2, 0.25) is 10.0 Å². The topological polar surface area (TPSA) is 48.9 Å². The van der Waals surface area contributed by atoms with Gasteiger partial charge in [-0.1, -0.05) is 23.2 Å². The minimum absolute atomic E-state index is 0.0682. The molecule has 0 unspecified atom stereocenters. The molecular formula is C10H8Cl2N2O. The van der Waals surface area contributed by atoms with Crippen LogP contribution in [0.1, 0.15) is 5.69 Å². The van der Waals surface area contributed by atoms with Crippen LogP contribution in [-0.4, -0.2) is 15.1 Å². The molecule has 2 rings (SSSR count). The van der Waals surface area contributed by atoms with Crippen LogP contribution in [0.5, 0.6) is 0 Å². The molecular weight excluding hydrogens is 235 g/mol. The molecule has 0 amide bonds. The average molecular weight is 243 g/mol. The lowest BCUT2D eigenvalue weighted by atomic mass is 10.2. The number of hydrogen-bond acceptors (Lipinski definition) is 2. The van der Waals surface area contributed by atoms with E-state index >= 15 is 0 Å². The number of aromatic amines is 1. The van der Waals surface area contributed by atoms with Gasteiger partial charge < -0.3 is 10.1 Å². The van der Waals surface area contributed by atoms with Crippen molar-refractivity contribution in [2.45, 2.75) is 6.61 Å². The fraction of sp³-hybridized carbons (Fsp3) is 0.100. The lowest BCUT2D eigenvalue weighted by Crippen LogP contribution is -1.83. The number of imidazole rings is 1. The van der Waals surface area contributed by atoms with E-state index in [0.717, 1.165) is 5.56 Å². The quantitative estimate of drug-likeness (QED) is 0.851. The third-order valence-electron chi connectivity index (χ3n) is 1.93. The first-order chi connectivity index (χ1) is 7.19. The lowest BCUT2D eigenvalue weighted by molar-refractivity contribution is 0.277. The number of H-pyrrole nitrogens is 1. The second-order valence-electron chi connectivity index (χ2n) is 3.07. The zero-order valence-corrected chi connectivity index (χ0v) is 9.18. The predicted molar refractivity (Wildman–Crippen MR) is 60.0 cm³/mol. The van der Waals surface area contributed by atoms with Crippen molar-refractivity contribution in [3.63, 3.8) is 0 Å². The fourth-order valence-corrected chi connectivity index (χ4v) is 1.80. The molecule has 0 saturated carbocycles. The van der Waals surface area contributed by atoms with Crippen LogP contribution >= 0.6 is 23.2 Å². The van der Waals surface area contributed by atoms with Crippen molar-refractivity contribution in [3.05, 3.63) is 40.1 Å². The van der Waals surface area contributed by atoms with Gasteiger partial charge in [0.25, 0.3) is 0 Å². The summed E-state index contributed by atoms with van der Waals surface area (Å²) in [6.45, 7) is -0.0682. The van der Waals surface area contributed by atoms with Gasteiger partial charge in [-0.15, -0.1) is 0 Å². The van der Waals surface area contributed by atoms with Gasteiger partial charge in [0.15, 0.2) is 0 Å². The number of aromatic nitrogens is 2. The molecule has 0 saturated heterocycles. The van der Waals surface area contributed by atoms with Crippen molar-refractivity contribution in [1.82, 2.24) is 9.97 Å². The molecule has 0 aliphatic heterocycles. The highest BCUT2D eigenvalue weighted by molar-refractivity contribution is 6.35. The number of nitrogens with zero attached hydrogens (tertiary/aromatic N) is 1. The van der Waals surface area contributed by atoms with E-state index in [1.54, 1.807) is 24.4 Å². The number of aliphatic hydroxyl groups is 1. The molecule has 2 N–H and O–H groups in total. The molecule has 3 nitrogen and oxygen atoms in total. The standard InChI is InChI=1S/C10H8Cl2N2O/c11-7-1-6(2-8(12)3-7)10-13-4-9(5-15)14-10/h1-4,15H,5H2,(H,13,14). The highest BCUT2D eigenvalue weighted by Gasteiger charge is 2.05. The molecule has 1 heterocycles. The van der Waals surface area contributed by atoms with Gasteiger partial charge >= 0.3 is 0 Å². The van der Waals surface area contributed by atoms with E-state index in [2.05, 4.69) is 9.97 Å². The van der Waals surface area contributed by atoms with E-state index in [1.165, 1.54) is 0 Å². The Balaban J connectivity index is 2.44. The van der Waals surface area contributed by atoms with Gasteiger partial charge in [-0.25, -0.2) is 4.98 Å². The van der Waals surface area contributed by atoms with E-state index in [9.17, 15) is 0 Å². The van der Waals surface area contributed by atoms with E-state index in [4.69, 9.17) is 28.3 Å². The first-order valence-electron chi connectivity index (χ1n) is 4.30. The second kappa shape index (κ2) is 4.23. The monoisotopic (exact) mass is 242 g/mol. The van der Waals surface area contributed by atoms with Crippen LogP contribution in [0.4, 0.5) is 0 Å². The first-order valence-corrected chi connectivity index (χ1v) is 5.06. The summed E-state index contributed by atoms with van der Waals surface area (Å²) in [7, 11) is 0. The van der Waals surface area contributed by atoms with Crippen molar-refractivity contribution in [3.8, 4) is 11.4 Å². The molecule has 0 aliphatic rings. The molecule has 1 aromatic heterocycles. The van der Waals surface area contributed by atoms with Gasteiger partial charge in [0.05, 0.1) is 18.5 Å². The van der Waals surface area contributed by atoms with Crippen molar-refractivity contribution in [2.75, 3.05) is 0 Å². The van der Waals surface area contributed by atoms with Gasteiger partial charge in [-0.3, -0.25) is 0 Å².